The minimum Gasteiger partial charge on any atom is -0.346 e. The van der Waals surface area contributed by atoms with E-state index in [0.29, 0.717) is 0 Å². The number of hydrogen-bond donors (Lipinski definition) is 0. The van der Waals surface area contributed by atoms with E-state index >= 15 is 0 Å². The molecule has 45 valence electrons. The molecule has 0 aromatic carbocycles. The van der Waals surface area contributed by atoms with Crippen molar-refractivity contribution in [2.45, 2.75) is 28.2 Å². The van der Waals surface area contributed by atoms with E-state index in [0.717, 1.165) is 0 Å². The van der Waals surface area contributed by atoms with Crippen LogP contribution in [-0.4, -0.2) is 0 Å². The summed E-state index contributed by atoms with van der Waals surface area (Å²) < 4.78 is 0. The maximum Gasteiger partial charge on any atom is 0 e. The topological polar surface area (TPSA) is 0 Å². The van der Waals surface area contributed by atoms with E-state index in [1.54, 1.807) is 6.92 Å². The van der Waals surface area contributed by atoms with Gasteiger partial charge in [-0.1, -0.05) is 7.43 Å². The summed E-state index contributed by atoms with van der Waals surface area (Å²) in [5.41, 5.74) is 0. The zero-order valence-corrected chi connectivity index (χ0v) is 7.70. The molecule has 0 aromatic heterocycles. The Morgan fingerprint density at radius 3 is 1.14 bits per heavy atom. The van der Waals surface area contributed by atoms with E-state index in [1.807, 2.05) is 20.3 Å². The van der Waals surface area contributed by atoms with Gasteiger partial charge in [-0.05, 0) is 0 Å². The van der Waals surface area contributed by atoms with Gasteiger partial charge >= 0.3 is 0 Å². The summed E-state index contributed by atoms with van der Waals surface area (Å²) in [6.07, 6.45) is 2.00. The molecule has 0 bridgehead atoms. The van der Waals surface area contributed by atoms with Gasteiger partial charge in [-0.2, -0.15) is 20.8 Å². The van der Waals surface area contributed by atoms with Crippen LogP contribution in [0.25, 0.3) is 0 Å². The molecule has 0 N–H and O–H groups in total. The Hall–Kier alpha value is 1.10. The molecule has 0 aromatic rings. The van der Waals surface area contributed by atoms with E-state index in [1.165, 1.54) is 0 Å². The van der Waals surface area contributed by atoms with Crippen LogP contribution in [0.5, 0.6) is 0 Å². The second-order valence-corrected chi connectivity index (χ2v) is 0.577. The minimum absolute atomic E-state index is 0. The molecule has 0 amide bonds. The molecule has 0 heterocycles. The fourth-order valence-corrected chi connectivity index (χ4v) is 0. The number of rotatable bonds is 0. The van der Waals surface area contributed by atoms with Gasteiger partial charge in [-0.25, -0.2) is 0 Å². The van der Waals surface area contributed by atoms with Gasteiger partial charge in [0.2, 0.25) is 0 Å². The molecular formula is C6H16Y-2. The van der Waals surface area contributed by atoms with E-state index in [9.17, 15) is 0 Å². The van der Waals surface area contributed by atoms with Crippen LogP contribution < -0.4 is 0 Å². The number of hydrogen-bond acceptors (Lipinski definition) is 0. The fraction of sp³-hybridized carbons (Fsp3) is 0.667. The van der Waals surface area contributed by atoms with E-state index < -0.39 is 0 Å². The molecule has 0 aliphatic carbocycles. The zero-order valence-electron chi connectivity index (χ0n) is 4.86. The maximum absolute atomic E-state index is 3.25. The molecule has 0 saturated heterocycles. The Morgan fingerprint density at radius 2 is 1.14 bits per heavy atom. The van der Waals surface area contributed by atoms with Crippen molar-refractivity contribution in [1.82, 2.24) is 0 Å². The Kier molecular flexibility index (Phi) is 207. The first-order valence-corrected chi connectivity index (χ1v) is 1.86. The van der Waals surface area contributed by atoms with Crippen molar-refractivity contribution >= 4 is 0 Å². The molecule has 7 heavy (non-hydrogen) atoms. The van der Waals surface area contributed by atoms with Gasteiger partial charge in [0.15, 0.2) is 0 Å². The van der Waals surface area contributed by atoms with Crippen molar-refractivity contribution in [3.8, 4) is 0 Å². The van der Waals surface area contributed by atoms with Gasteiger partial charge in [0.1, 0.15) is 0 Å². The predicted molar refractivity (Wildman–Crippen MR) is 33.4 cm³/mol. The third kappa shape index (κ3) is 152. The molecule has 0 atom stereocenters. The second-order valence-electron chi connectivity index (χ2n) is 0.577. The summed E-state index contributed by atoms with van der Waals surface area (Å²) in [7, 11) is 0. The molecule has 0 spiro atoms. The van der Waals surface area contributed by atoms with Crippen LogP contribution in [-0.2, 0) is 32.7 Å². The van der Waals surface area contributed by atoms with Crippen LogP contribution in [0.1, 0.15) is 28.2 Å². The molecule has 1 heteroatoms. The van der Waals surface area contributed by atoms with Crippen LogP contribution in [0.15, 0.2) is 0 Å². The van der Waals surface area contributed by atoms with Gasteiger partial charge < -0.3 is 13.3 Å². The molecule has 0 rings (SSSR count). The SMILES string of the molecule is C.C[CH-]C.[CH2-]C.[Y]. The van der Waals surface area contributed by atoms with Crippen molar-refractivity contribution < 1.29 is 32.7 Å². The average Bonchev–Trinajstić information content (AvgIpc) is 1.46. The fourth-order valence-electron chi connectivity index (χ4n) is 0. The first-order valence-electron chi connectivity index (χ1n) is 1.86. The first-order chi connectivity index (χ1) is 2.41. The monoisotopic (exact) mass is 177 g/mol. The van der Waals surface area contributed by atoms with Crippen molar-refractivity contribution in [1.29, 1.82) is 0 Å². The summed E-state index contributed by atoms with van der Waals surface area (Å²) in [4.78, 5) is 0. The van der Waals surface area contributed by atoms with E-state index in [4.69, 9.17) is 0 Å². The van der Waals surface area contributed by atoms with Crippen LogP contribution in [0.3, 0.4) is 0 Å². The first kappa shape index (κ1) is 24.3. The molecule has 0 fully saturated rings. The molecule has 0 aliphatic heterocycles. The van der Waals surface area contributed by atoms with E-state index in [-0.39, 0.29) is 40.1 Å². The maximum atomic E-state index is 3.25. The Balaban J connectivity index is -0.0000000105. The third-order valence-corrected chi connectivity index (χ3v) is 0. The van der Waals surface area contributed by atoms with Gasteiger partial charge in [0.05, 0.1) is 0 Å². The summed E-state index contributed by atoms with van der Waals surface area (Å²) in [6.45, 7) is 9.00. The normalized spacial score (nSPS) is 3.43. The third-order valence-electron chi connectivity index (χ3n) is 0. The van der Waals surface area contributed by atoms with Crippen LogP contribution in [0.2, 0.25) is 0 Å². The summed E-state index contributed by atoms with van der Waals surface area (Å²) >= 11 is 0. The van der Waals surface area contributed by atoms with Crippen molar-refractivity contribution in [2.75, 3.05) is 0 Å². The smallest absolute Gasteiger partial charge is 0 e. The standard InChI is InChI=1S/C3H7.C2H5.CH4.Y/c1-3-2;1-2;;/h3H,1-2H3;1H2,2H3;1H4;/q2*-1;;. The molecule has 0 aliphatic rings. The molecule has 0 nitrogen and oxygen atoms in total. The molecular weight excluding hydrogens is 161 g/mol. The largest absolute Gasteiger partial charge is 0.346 e. The van der Waals surface area contributed by atoms with E-state index in [2.05, 4.69) is 6.92 Å². The van der Waals surface area contributed by atoms with Crippen LogP contribution in [0, 0.1) is 13.3 Å². The molecule has 0 unspecified atom stereocenters. The average molecular weight is 177 g/mol. The summed E-state index contributed by atoms with van der Waals surface area (Å²) in [6, 6.07) is 0. The molecule has 1 radical (unpaired) electrons. The minimum atomic E-state index is 0. The van der Waals surface area contributed by atoms with Crippen LogP contribution >= 0.6 is 0 Å². The zero-order chi connectivity index (χ0) is 4.71. The quantitative estimate of drug-likeness (QED) is 0.499. The second kappa shape index (κ2) is 59.8. The predicted octanol–water partition coefficient (Wildman–Crippen LogP) is 2.70. The molecule has 0 saturated carbocycles. The van der Waals surface area contributed by atoms with Gasteiger partial charge in [-0.3, -0.25) is 0 Å². The van der Waals surface area contributed by atoms with Crippen molar-refractivity contribution in [3.63, 3.8) is 0 Å². The Labute approximate surface area is 74.0 Å². The van der Waals surface area contributed by atoms with Gasteiger partial charge in [-0.15, -0.1) is 0 Å². The Morgan fingerprint density at radius 1 is 1.14 bits per heavy atom. The van der Waals surface area contributed by atoms with Crippen LogP contribution in [0.4, 0.5) is 0 Å². The summed E-state index contributed by atoms with van der Waals surface area (Å²) in [5.74, 6) is 0. The van der Waals surface area contributed by atoms with Crippen molar-refractivity contribution in [3.05, 3.63) is 13.3 Å². The van der Waals surface area contributed by atoms with Crippen molar-refractivity contribution in [2.24, 2.45) is 0 Å². The van der Waals surface area contributed by atoms with Gasteiger partial charge in [0, 0.05) is 32.7 Å². The summed E-state index contributed by atoms with van der Waals surface area (Å²) in [5, 5.41) is 0. The van der Waals surface area contributed by atoms with Gasteiger partial charge in [0.25, 0.3) is 0 Å². The Bertz CT molecular complexity index is 4.14.